The zero-order valence-corrected chi connectivity index (χ0v) is 10.1. The van der Waals surface area contributed by atoms with Crippen LogP contribution in [-0.4, -0.2) is 10.2 Å². The van der Waals surface area contributed by atoms with Crippen LogP contribution in [0.25, 0.3) is 10.8 Å². The number of rotatable bonds is 2. The number of aromatic nitrogens is 2. The summed E-state index contributed by atoms with van der Waals surface area (Å²) in [6, 6.07) is 1.85. The highest BCUT2D eigenvalue weighted by Crippen LogP contribution is 2.42. The first-order valence-corrected chi connectivity index (χ1v) is 6.23. The fourth-order valence-corrected chi connectivity index (χ4v) is 2.82. The lowest BCUT2D eigenvalue weighted by Crippen LogP contribution is -1.83. The van der Waals surface area contributed by atoms with Gasteiger partial charge in [0.15, 0.2) is 0 Å². The standard InChI is InChI=1S/C9H8BrN3OS/c10-6-3-5(11)7(15-6)9-13-12-8(14-9)4-1-2-4/h3-4H,1-2,11H2. The van der Waals surface area contributed by atoms with Gasteiger partial charge in [-0.25, -0.2) is 0 Å². The molecule has 15 heavy (non-hydrogen) atoms. The number of hydrogen-bond donors (Lipinski definition) is 1. The number of anilines is 1. The molecule has 1 saturated carbocycles. The molecule has 0 saturated heterocycles. The van der Waals surface area contributed by atoms with E-state index in [0.717, 1.165) is 27.4 Å². The molecule has 3 rings (SSSR count). The Morgan fingerprint density at radius 2 is 2.27 bits per heavy atom. The maximum Gasteiger partial charge on any atom is 0.259 e. The van der Waals surface area contributed by atoms with E-state index in [0.29, 0.717) is 17.5 Å². The SMILES string of the molecule is Nc1cc(Br)sc1-c1nnc(C2CC2)o1. The van der Waals surface area contributed by atoms with Gasteiger partial charge < -0.3 is 10.2 Å². The molecule has 0 unspecified atom stereocenters. The molecule has 0 bridgehead atoms. The summed E-state index contributed by atoms with van der Waals surface area (Å²) < 4.78 is 6.55. The Bertz CT molecular complexity index is 503. The summed E-state index contributed by atoms with van der Waals surface area (Å²) in [5.74, 6) is 1.76. The number of nitrogens with two attached hydrogens (primary N) is 1. The summed E-state index contributed by atoms with van der Waals surface area (Å²) in [5, 5.41) is 8.04. The van der Waals surface area contributed by atoms with Gasteiger partial charge in [-0.2, -0.15) is 0 Å². The summed E-state index contributed by atoms with van der Waals surface area (Å²) in [6.07, 6.45) is 2.32. The molecule has 1 fully saturated rings. The molecule has 1 aliphatic rings. The largest absolute Gasteiger partial charge is 0.420 e. The molecule has 2 N–H and O–H groups in total. The Morgan fingerprint density at radius 1 is 1.47 bits per heavy atom. The second kappa shape index (κ2) is 3.31. The Labute approximate surface area is 98.6 Å². The molecule has 1 aliphatic carbocycles. The molecule has 0 radical (unpaired) electrons. The molecule has 0 aliphatic heterocycles. The highest BCUT2D eigenvalue weighted by Gasteiger charge is 2.30. The topological polar surface area (TPSA) is 64.9 Å². The molecular weight excluding hydrogens is 278 g/mol. The lowest BCUT2D eigenvalue weighted by Gasteiger charge is -1.90. The van der Waals surface area contributed by atoms with Crippen molar-refractivity contribution in [1.29, 1.82) is 0 Å². The highest BCUT2D eigenvalue weighted by molar-refractivity contribution is 9.11. The Kier molecular flexibility index (Phi) is 2.07. The maximum absolute atomic E-state index is 5.83. The Morgan fingerprint density at radius 3 is 2.87 bits per heavy atom. The van der Waals surface area contributed by atoms with Gasteiger partial charge >= 0.3 is 0 Å². The van der Waals surface area contributed by atoms with Crippen molar-refractivity contribution in [1.82, 2.24) is 10.2 Å². The molecule has 0 amide bonds. The van der Waals surface area contributed by atoms with Crippen molar-refractivity contribution in [3.05, 3.63) is 15.7 Å². The van der Waals surface area contributed by atoms with Gasteiger partial charge in [0.1, 0.15) is 4.88 Å². The third-order valence-corrected chi connectivity index (χ3v) is 3.93. The smallest absolute Gasteiger partial charge is 0.259 e. The fourth-order valence-electron chi connectivity index (χ4n) is 1.36. The van der Waals surface area contributed by atoms with Gasteiger partial charge in [-0.3, -0.25) is 0 Å². The zero-order chi connectivity index (χ0) is 10.4. The van der Waals surface area contributed by atoms with E-state index in [1.807, 2.05) is 6.07 Å². The molecule has 2 aromatic heterocycles. The third-order valence-electron chi connectivity index (χ3n) is 2.29. The lowest BCUT2D eigenvalue weighted by molar-refractivity contribution is 0.509. The fraction of sp³-hybridized carbons (Fsp3) is 0.333. The Balaban J connectivity index is 2.00. The van der Waals surface area contributed by atoms with Gasteiger partial charge in [0.2, 0.25) is 5.89 Å². The normalized spacial score (nSPS) is 15.8. The van der Waals surface area contributed by atoms with Gasteiger partial charge in [-0.15, -0.1) is 21.5 Å². The van der Waals surface area contributed by atoms with Crippen LogP contribution in [0, 0.1) is 0 Å². The van der Waals surface area contributed by atoms with E-state index in [9.17, 15) is 0 Å². The van der Waals surface area contributed by atoms with Crippen molar-refractivity contribution < 1.29 is 4.42 Å². The zero-order valence-electron chi connectivity index (χ0n) is 7.74. The predicted octanol–water partition coefficient (Wildman–Crippen LogP) is 3.02. The average Bonchev–Trinajstić information content (AvgIpc) is 2.83. The lowest BCUT2D eigenvalue weighted by atomic mass is 10.4. The third kappa shape index (κ3) is 1.68. The predicted molar refractivity (Wildman–Crippen MR) is 61.7 cm³/mol. The van der Waals surface area contributed by atoms with E-state index in [2.05, 4.69) is 26.1 Å². The van der Waals surface area contributed by atoms with E-state index in [1.54, 1.807) is 0 Å². The van der Waals surface area contributed by atoms with Crippen LogP contribution in [0.4, 0.5) is 5.69 Å². The summed E-state index contributed by atoms with van der Waals surface area (Å²) in [7, 11) is 0. The maximum atomic E-state index is 5.83. The van der Waals surface area contributed by atoms with Crippen LogP contribution in [0.1, 0.15) is 24.7 Å². The molecule has 78 valence electrons. The first kappa shape index (κ1) is 9.35. The van der Waals surface area contributed by atoms with Crippen molar-refractivity contribution >= 4 is 33.0 Å². The van der Waals surface area contributed by atoms with Crippen LogP contribution in [0.5, 0.6) is 0 Å². The monoisotopic (exact) mass is 285 g/mol. The minimum absolute atomic E-state index is 0.482. The average molecular weight is 286 g/mol. The molecule has 4 nitrogen and oxygen atoms in total. The van der Waals surface area contributed by atoms with Crippen LogP contribution < -0.4 is 5.73 Å². The van der Waals surface area contributed by atoms with Gasteiger partial charge in [0.05, 0.1) is 9.47 Å². The highest BCUT2D eigenvalue weighted by atomic mass is 79.9. The molecule has 0 aromatic carbocycles. The quantitative estimate of drug-likeness (QED) is 0.921. The van der Waals surface area contributed by atoms with E-state index in [-0.39, 0.29) is 0 Å². The summed E-state index contributed by atoms with van der Waals surface area (Å²) in [4.78, 5) is 0.848. The van der Waals surface area contributed by atoms with Crippen LogP contribution in [-0.2, 0) is 0 Å². The van der Waals surface area contributed by atoms with Crippen molar-refractivity contribution in [3.63, 3.8) is 0 Å². The second-order valence-corrected chi connectivity index (χ2v) is 5.99. The number of hydrogen-bond acceptors (Lipinski definition) is 5. The van der Waals surface area contributed by atoms with Gasteiger partial charge in [-0.1, -0.05) is 0 Å². The molecular formula is C9H8BrN3OS. The molecule has 6 heteroatoms. The number of halogens is 1. The van der Waals surface area contributed by atoms with Crippen molar-refractivity contribution in [2.24, 2.45) is 0 Å². The minimum atomic E-state index is 0.482. The Hall–Kier alpha value is -0.880. The number of thiophene rings is 1. The van der Waals surface area contributed by atoms with Gasteiger partial charge in [0, 0.05) is 5.92 Å². The van der Waals surface area contributed by atoms with Crippen molar-refractivity contribution in [3.8, 4) is 10.8 Å². The van der Waals surface area contributed by atoms with Crippen molar-refractivity contribution in [2.45, 2.75) is 18.8 Å². The summed E-state index contributed by atoms with van der Waals surface area (Å²) >= 11 is 4.89. The van der Waals surface area contributed by atoms with Crippen LogP contribution in [0.2, 0.25) is 0 Å². The summed E-state index contributed by atoms with van der Waals surface area (Å²) in [5.41, 5.74) is 6.51. The van der Waals surface area contributed by atoms with E-state index in [4.69, 9.17) is 10.2 Å². The summed E-state index contributed by atoms with van der Waals surface area (Å²) in [6.45, 7) is 0. The number of nitrogen functional groups attached to an aromatic ring is 1. The molecule has 0 atom stereocenters. The van der Waals surface area contributed by atoms with E-state index in [1.165, 1.54) is 11.3 Å². The van der Waals surface area contributed by atoms with Gasteiger partial charge in [-0.05, 0) is 34.8 Å². The van der Waals surface area contributed by atoms with E-state index < -0.39 is 0 Å². The van der Waals surface area contributed by atoms with Crippen LogP contribution >= 0.6 is 27.3 Å². The molecule has 2 aromatic rings. The van der Waals surface area contributed by atoms with Crippen LogP contribution in [0.3, 0.4) is 0 Å². The van der Waals surface area contributed by atoms with Gasteiger partial charge in [0.25, 0.3) is 5.89 Å². The van der Waals surface area contributed by atoms with Crippen molar-refractivity contribution in [2.75, 3.05) is 5.73 Å². The van der Waals surface area contributed by atoms with Crippen LogP contribution in [0.15, 0.2) is 14.3 Å². The first-order chi connectivity index (χ1) is 7.24. The first-order valence-electron chi connectivity index (χ1n) is 4.62. The molecule has 2 heterocycles. The number of nitrogens with zero attached hydrogens (tertiary/aromatic N) is 2. The van der Waals surface area contributed by atoms with E-state index >= 15 is 0 Å². The molecule has 0 spiro atoms. The minimum Gasteiger partial charge on any atom is -0.420 e. The second-order valence-electron chi connectivity index (χ2n) is 3.55.